The molecule has 1 aliphatic carbocycles. The van der Waals surface area contributed by atoms with Gasteiger partial charge in [-0.05, 0) is 42.9 Å². The van der Waals surface area contributed by atoms with E-state index in [4.69, 9.17) is 10.8 Å². The molecule has 0 bridgehead atoms. The number of pyridine rings is 1. The lowest BCUT2D eigenvalue weighted by atomic mass is 9.82. The van der Waals surface area contributed by atoms with Crippen LogP contribution in [0.5, 0.6) is 0 Å². The van der Waals surface area contributed by atoms with Crippen molar-refractivity contribution >= 4 is 22.8 Å². The van der Waals surface area contributed by atoms with Gasteiger partial charge in [0.15, 0.2) is 0 Å². The molecule has 1 unspecified atom stereocenters. The third-order valence-corrected chi connectivity index (χ3v) is 6.27. The summed E-state index contributed by atoms with van der Waals surface area (Å²) >= 11 is 0. The van der Waals surface area contributed by atoms with Crippen molar-refractivity contribution in [3.63, 3.8) is 0 Å². The number of fused-ring (bicyclic) bond motifs is 1. The van der Waals surface area contributed by atoms with E-state index < -0.39 is 0 Å². The minimum absolute atomic E-state index is 0.0299. The minimum Gasteiger partial charge on any atom is -0.396 e. The fourth-order valence-electron chi connectivity index (χ4n) is 4.32. The number of nitrogens with two attached hydrogens (primary N) is 1. The summed E-state index contributed by atoms with van der Waals surface area (Å²) in [7, 11) is 0. The number of nitrogens with zero attached hydrogens (tertiary/aromatic N) is 4. The molecule has 2 fully saturated rings. The molecule has 4 heterocycles. The van der Waals surface area contributed by atoms with Gasteiger partial charge >= 0.3 is 0 Å². The normalized spacial score (nSPS) is 20.5. The Hall–Kier alpha value is -3.00. The van der Waals surface area contributed by atoms with E-state index in [2.05, 4.69) is 24.8 Å². The quantitative estimate of drug-likeness (QED) is 0.609. The highest BCUT2D eigenvalue weighted by atomic mass is 16.3. The molecule has 1 aliphatic heterocycles. The fourth-order valence-corrected chi connectivity index (χ4v) is 4.32. The van der Waals surface area contributed by atoms with Crippen LogP contribution in [0.3, 0.4) is 0 Å². The molecule has 30 heavy (non-hydrogen) atoms. The average molecular weight is 409 g/mol. The van der Waals surface area contributed by atoms with Crippen LogP contribution in [0.4, 0.5) is 5.82 Å². The van der Waals surface area contributed by atoms with Gasteiger partial charge in [0.25, 0.3) is 0 Å². The number of H-pyrrole nitrogens is 1. The second-order valence-corrected chi connectivity index (χ2v) is 8.30. The summed E-state index contributed by atoms with van der Waals surface area (Å²) in [6, 6.07) is 7.72. The molecule has 1 saturated heterocycles. The predicted molar refractivity (Wildman–Crippen MR) is 115 cm³/mol. The molecule has 158 valence electrons. The van der Waals surface area contributed by atoms with Gasteiger partial charge in [-0.3, -0.25) is 9.78 Å². The second-order valence-electron chi connectivity index (χ2n) is 8.30. The number of carbonyl (C=O) groups is 1. The number of primary amides is 1. The summed E-state index contributed by atoms with van der Waals surface area (Å²) < 4.78 is 0. The van der Waals surface area contributed by atoms with Crippen LogP contribution in [0.1, 0.15) is 37.8 Å². The van der Waals surface area contributed by atoms with Gasteiger partial charge in [0.2, 0.25) is 5.91 Å². The van der Waals surface area contributed by atoms with Crippen LogP contribution in [-0.4, -0.2) is 50.6 Å². The maximum Gasteiger partial charge on any atom is 0.221 e. The Morgan fingerprint density at radius 3 is 2.83 bits per heavy atom. The maximum atomic E-state index is 11.6. The van der Waals surface area contributed by atoms with E-state index in [0.29, 0.717) is 0 Å². The number of hydrogen-bond donors (Lipinski definition) is 3. The molecule has 1 amide bonds. The van der Waals surface area contributed by atoms with Crippen LogP contribution >= 0.6 is 0 Å². The number of piperidine rings is 1. The van der Waals surface area contributed by atoms with Crippen LogP contribution in [0, 0.1) is 11.3 Å². The first-order valence-corrected chi connectivity index (χ1v) is 10.4. The average Bonchev–Trinajstić information content (AvgIpc) is 3.35. The number of rotatable bonds is 4. The SMILES string of the molecule is CC(CO)c1ccccn1.NC(=O)[C@H]1CCN(c2ncnc3[nH]ccc23)CC12CC2. The van der Waals surface area contributed by atoms with Gasteiger partial charge < -0.3 is 20.7 Å². The molecule has 1 saturated carbocycles. The van der Waals surface area contributed by atoms with Crippen molar-refractivity contribution in [2.45, 2.75) is 32.1 Å². The zero-order valence-corrected chi connectivity index (χ0v) is 17.2. The predicted octanol–water partition coefficient (Wildman–Crippen LogP) is 2.23. The van der Waals surface area contributed by atoms with Crippen LogP contribution in [0.15, 0.2) is 43.0 Å². The Morgan fingerprint density at radius 2 is 2.17 bits per heavy atom. The zero-order valence-electron chi connectivity index (χ0n) is 17.2. The number of aromatic nitrogens is 4. The molecular formula is C22H28N6O2. The van der Waals surface area contributed by atoms with E-state index in [-0.39, 0.29) is 29.8 Å². The molecule has 3 aromatic rings. The lowest BCUT2D eigenvalue weighted by Crippen LogP contribution is -2.46. The van der Waals surface area contributed by atoms with E-state index in [1.807, 2.05) is 37.4 Å². The molecule has 4 N–H and O–H groups in total. The van der Waals surface area contributed by atoms with Gasteiger partial charge in [-0.2, -0.15) is 0 Å². The third kappa shape index (κ3) is 4.00. The summed E-state index contributed by atoms with van der Waals surface area (Å²) in [6.07, 6.45) is 8.23. The zero-order chi connectivity index (χ0) is 21.1. The van der Waals surface area contributed by atoms with E-state index in [9.17, 15) is 4.79 Å². The monoisotopic (exact) mass is 408 g/mol. The lowest BCUT2D eigenvalue weighted by Gasteiger charge is -2.38. The van der Waals surface area contributed by atoms with Crippen molar-refractivity contribution in [1.82, 2.24) is 19.9 Å². The number of aliphatic hydroxyl groups is 1. The van der Waals surface area contributed by atoms with Crippen LogP contribution < -0.4 is 10.6 Å². The highest BCUT2D eigenvalue weighted by Gasteiger charge is 2.54. The third-order valence-electron chi connectivity index (χ3n) is 6.27. The van der Waals surface area contributed by atoms with E-state index in [1.165, 1.54) is 0 Å². The summed E-state index contributed by atoms with van der Waals surface area (Å²) in [6.45, 7) is 3.81. The Morgan fingerprint density at radius 1 is 1.33 bits per heavy atom. The van der Waals surface area contributed by atoms with E-state index in [1.54, 1.807) is 12.5 Å². The van der Waals surface area contributed by atoms with Crippen molar-refractivity contribution in [1.29, 1.82) is 0 Å². The van der Waals surface area contributed by atoms with Crippen molar-refractivity contribution < 1.29 is 9.90 Å². The van der Waals surface area contributed by atoms with Gasteiger partial charge in [-0.25, -0.2) is 9.97 Å². The fraction of sp³-hybridized carbons (Fsp3) is 0.455. The molecule has 8 heteroatoms. The lowest BCUT2D eigenvalue weighted by molar-refractivity contribution is -0.124. The molecule has 3 aromatic heterocycles. The number of hydrogen-bond acceptors (Lipinski definition) is 6. The summed E-state index contributed by atoms with van der Waals surface area (Å²) in [5.41, 5.74) is 7.46. The van der Waals surface area contributed by atoms with Crippen molar-refractivity contribution in [2.24, 2.45) is 17.1 Å². The first-order chi connectivity index (χ1) is 14.5. The van der Waals surface area contributed by atoms with Gasteiger partial charge in [0, 0.05) is 43.0 Å². The topological polar surface area (TPSA) is 121 Å². The maximum absolute atomic E-state index is 11.6. The molecule has 2 aliphatic rings. The highest BCUT2D eigenvalue weighted by molar-refractivity contribution is 5.87. The van der Waals surface area contributed by atoms with Crippen molar-refractivity contribution in [3.05, 3.63) is 48.7 Å². The first-order valence-electron chi connectivity index (χ1n) is 10.4. The van der Waals surface area contributed by atoms with Gasteiger partial charge in [-0.15, -0.1) is 0 Å². The molecular weight excluding hydrogens is 380 g/mol. The van der Waals surface area contributed by atoms with Crippen LogP contribution in [-0.2, 0) is 4.79 Å². The van der Waals surface area contributed by atoms with Crippen LogP contribution in [0.25, 0.3) is 11.0 Å². The summed E-state index contributed by atoms with van der Waals surface area (Å²) in [5, 5.41) is 9.79. The smallest absolute Gasteiger partial charge is 0.221 e. The largest absolute Gasteiger partial charge is 0.396 e. The molecule has 0 aromatic carbocycles. The Balaban J connectivity index is 0.000000185. The standard InChI is InChI=1S/C14H17N5O.C8H11NO/c15-11(20)10-2-6-19(7-14(10)3-4-14)13-9-1-5-16-12(9)17-8-18-13;1-7(6-10)8-4-2-3-5-9-8/h1,5,8,10H,2-4,6-7H2,(H2,15,20)(H,16,17,18);2-5,7,10H,6H2,1H3/t10-;/m1./s1. The van der Waals surface area contributed by atoms with E-state index in [0.717, 1.165) is 54.9 Å². The second kappa shape index (κ2) is 8.39. The minimum atomic E-state index is -0.142. The molecule has 2 atom stereocenters. The first kappa shape index (κ1) is 20.3. The number of amides is 1. The van der Waals surface area contributed by atoms with Crippen molar-refractivity contribution in [2.75, 3.05) is 24.6 Å². The van der Waals surface area contributed by atoms with E-state index >= 15 is 0 Å². The molecule has 1 spiro atoms. The Kier molecular flexibility index (Phi) is 5.67. The Bertz CT molecular complexity index is 1000. The van der Waals surface area contributed by atoms with Gasteiger partial charge in [-0.1, -0.05) is 13.0 Å². The highest BCUT2D eigenvalue weighted by Crippen LogP contribution is 2.56. The molecule has 8 nitrogen and oxygen atoms in total. The number of anilines is 1. The Labute approximate surface area is 175 Å². The summed E-state index contributed by atoms with van der Waals surface area (Å²) in [4.78, 5) is 29.7. The summed E-state index contributed by atoms with van der Waals surface area (Å²) in [5.74, 6) is 1.01. The number of aliphatic hydroxyl groups excluding tert-OH is 1. The van der Waals surface area contributed by atoms with Crippen molar-refractivity contribution in [3.8, 4) is 0 Å². The number of carbonyl (C=O) groups excluding carboxylic acids is 1. The van der Waals surface area contributed by atoms with Crippen LogP contribution in [0.2, 0.25) is 0 Å². The van der Waals surface area contributed by atoms with Gasteiger partial charge in [0.1, 0.15) is 17.8 Å². The number of nitrogens with one attached hydrogen (secondary N) is 1. The number of aromatic amines is 1. The van der Waals surface area contributed by atoms with Gasteiger partial charge in [0.05, 0.1) is 12.0 Å². The molecule has 5 rings (SSSR count). The molecule has 0 radical (unpaired) electrons.